The molecule has 0 heterocycles. The van der Waals surface area contributed by atoms with Crippen molar-refractivity contribution in [1.29, 1.82) is 0 Å². The normalized spacial score (nSPS) is 11.0. The number of nitrogens with zero attached hydrogens (tertiary/aromatic N) is 1. The van der Waals surface area contributed by atoms with Crippen LogP contribution in [0.2, 0.25) is 0 Å². The van der Waals surface area contributed by atoms with Gasteiger partial charge in [0.2, 0.25) is 0 Å². The summed E-state index contributed by atoms with van der Waals surface area (Å²) in [6.45, 7) is 4.24. The summed E-state index contributed by atoms with van der Waals surface area (Å²) >= 11 is 0. The van der Waals surface area contributed by atoms with Crippen LogP contribution in [-0.4, -0.2) is 17.8 Å². The maximum atomic E-state index is 2.66. The van der Waals surface area contributed by atoms with Crippen LogP contribution in [0.1, 0.15) is 24.5 Å². The Morgan fingerprint density at radius 3 is 1.44 bits per heavy atom. The Balaban J connectivity index is 1.74. The molecule has 0 aliphatic rings. The molecule has 0 fully saturated rings. The lowest BCUT2D eigenvalue weighted by molar-refractivity contribution is 0.506. The Hall–Kier alpha value is -2.99. The van der Waals surface area contributed by atoms with Crippen LogP contribution in [0.25, 0.3) is 5.57 Å². The largest absolute Gasteiger partial charge is 0.271 e. The molecule has 4 aromatic rings. The molecule has 32 heavy (non-hydrogen) atoms. The predicted molar refractivity (Wildman–Crippen MR) is 141 cm³/mol. The van der Waals surface area contributed by atoms with Gasteiger partial charge in [-0.2, -0.15) is 0 Å². The van der Waals surface area contributed by atoms with E-state index in [1.807, 2.05) is 0 Å². The molecular formula is C30H30NP. The molecule has 0 spiro atoms. The molecule has 0 atom stereocenters. The maximum Gasteiger partial charge on any atom is 0.0284 e. The first-order chi connectivity index (χ1) is 15.9. The zero-order valence-electron chi connectivity index (χ0n) is 18.6. The van der Waals surface area contributed by atoms with Gasteiger partial charge in [-0.3, -0.25) is 4.67 Å². The Labute approximate surface area is 193 Å². The topological polar surface area (TPSA) is 3.24 Å². The lowest BCUT2D eigenvalue weighted by Crippen LogP contribution is -2.29. The van der Waals surface area contributed by atoms with Crippen LogP contribution in [0, 0.1) is 0 Å². The van der Waals surface area contributed by atoms with Crippen molar-refractivity contribution in [2.45, 2.75) is 13.3 Å². The van der Waals surface area contributed by atoms with Gasteiger partial charge in [0.25, 0.3) is 0 Å². The smallest absolute Gasteiger partial charge is 0.0284 e. The van der Waals surface area contributed by atoms with Gasteiger partial charge in [-0.15, -0.1) is 0 Å². The van der Waals surface area contributed by atoms with Gasteiger partial charge >= 0.3 is 0 Å². The van der Waals surface area contributed by atoms with Crippen molar-refractivity contribution in [3.63, 3.8) is 0 Å². The van der Waals surface area contributed by atoms with E-state index in [4.69, 9.17) is 0 Å². The van der Waals surface area contributed by atoms with E-state index < -0.39 is 8.07 Å². The predicted octanol–water partition coefficient (Wildman–Crippen LogP) is 6.88. The fraction of sp³-hybridized carbons (Fsp3) is 0.133. The summed E-state index contributed by atoms with van der Waals surface area (Å²) in [5.74, 6) is 0. The van der Waals surface area contributed by atoms with E-state index in [9.17, 15) is 0 Å². The molecule has 0 aliphatic heterocycles. The second-order valence-electron chi connectivity index (χ2n) is 7.75. The van der Waals surface area contributed by atoms with Crippen LogP contribution >= 0.6 is 8.07 Å². The third-order valence-corrected chi connectivity index (χ3v) is 7.95. The summed E-state index contributed by atoms with van der Waals surface area (Å²) in [6, 6.07) is 43.5. The third kappa shape index (κ3) is 5.62. The van der Waals surface area contributed by atoms with Crippen molar-refractivity contribution in [3.8, 4) is 0 Å². The summed E-state index contributed by atoms with van der Waals surface area (Å²) in [5.41, 5.74) is 3.82. The Morgan fingerprint density at radius 1 is 0.625 bits per heavy atom. The summed E-state index contributed by atoms with van der Waals surface area (Å²) in [5, 5.41) is 2.80. The van der Waals surface area contributed by atoms with E-state index in [2.05, 4.69) is 139 Å². The molecule has 0 unspecified atom stereocenters. The molecule has 0 amide bonds. The highest BCUT2D eigenvalue weighted by Crippen LogP contribution is 2.39. The molecule has 2 heteroatoms. The molecule has 0 saturated heterocycles. The van der Waals surface area contributed by atoms with Crippen LogP contribution < -0.4 is 10.6 Å². The van der Waals surface area contributed by atoms with Crippen molar-refractivity contribution < 1.29 is 0 Å². The second-order valence-corrected chi connectivity index (χ2v) is 9.97. The molecule has 0 N–H and O–H groups in total. The zero-order chi connectivity index (χ0) is 22.0. The van der Waals surface area contributed by atoms with Gasteiger partial charge in [0.15, 0.2) is 0 Å². The number of benzene rings is 4. The highest BCUT2D eigenvalue weighted by Gasteiger charge is 2.21. The van der Waals surface area contributed by atoms with Gasteiger partial charge in [-0.05, 0) is 33.7 Å². The van der Waals surface area contributed by atoms with E-state index in [0.29, 0.717) is 0 Å². The maximum absolute atomic E-state index is 2.66. The van der Waals surface area contributed by atoms with Gasteiger partial charge in [0.05, 0.1) is 0 Å². The standard InChI is InChI=1S/C30H30NP/c1-2-24-31(32(28-19-11-5-12-20-28)29-21-13-6-14-22-29)25-23-30(26-15-7-3-8-16-26)27-17-9-4-10-18-27/h3-23H,2,24-25H2,1H3. The zero-order valence-corrected chi connectivity index (χ0v) is 19.5. The molecular weight excluding hydrogens is 405 g/mol. The fourth-order valence-corrected chi connectivity index (χ4v) is 6.48. The lowest BCUT2D eigenvalue weighted by Gasteiger charge is -2.31. The molecule has 0 aromatic heterocycles. The highest BCUT2D eigenvalue weighted by atomic mass is 31.1. The monoisotopic (exact) mass is 435 g/mol. The SMILES string of the molecule is CCCN(CC=C(c1ccccc1)c1ccccc1)P(c1ccccc1)c1ccccc1. The quantitative estimate of drug-likeness (QED) is 0.259. The van der Waals surface area contributed by atoms with E-state index in [0.717, 1.165) is 19.5 Å². The summed E-state index contributed by atoms with van der Waals surface area (Å²) in [7, 11) is -0.600. The summed E-state index contributed by atoms with van der Waals surface area (Å²) in [6.07, 6.45) is 3.54. The van der Waals surface area contributed by atoms with Crippen molar-refractivity contribution >= 4 is 24.3 Å². The minimum atomic E-state index is -0.600. The van der Waals surface area contributed by atoms with Crippen LogP contribution in [0.4, 0.5) is 0 Å². The van der Waals surface area contributed by atoms with E-state index in [1.54, 1.807) is 0 Å². The first kappa shape index (κ1) is 22.2. The molecule has 0 bridgehead atoms. The molecule has 0 radical (unpaired) electrons. The molecule has 1 nitrogen and oxygen atoms in total. The first-order valence-electron chi connectivity index (χ1n) is 11.3. The van der Waals surface area contributed by atoms with Gasteiger partial charge in [0, 0.05) is 21.2 Å². The van der Waals surface area contributed by atoms with Crippen LogP contribution in [0.5, 0.6) is 0 Å². The Bertz CT molecular complexity index is 1010. The summed E-state index contributed by atoms with van der Waals surface area (Å²) in [4.78, 5) is 0. The number of hydrogen-bond donors (Lipinski definition) is 0. The molecule has 0 aliphatic carbocycles. The average Bonchev–Trinajstić information content (AvgIpc) is 2.87. The van der Waals surface area contributed by atoms with E-state index in [-0.39, 0.29) is 0 Å². The van der Waals surface area contributed by atoms with Gasteiger partial charge in [0.1, 0.15) is 0 Å². The van der Waals surface area contributed by atoms with Crippen molar-refractivity contribution in [1.82, 2.24) is 4.67 Å². The molecule has 4 rings (SSSR count). The average molecular weight is 436 g/mol. The molecule has 0 saturated carbocycles. The Morgan fingerprint density at radius 2 is 1.03 bits per heavy atom. The highest BCUT2D eigenvalue weighted by molar-refractivity contribution is 7.70. The number of hydrogen-bond acceptors (Lipinski definition) is 1. The second kappa shape index (κ2) is 11.6. The third-order valence-electron chi connectivity index (χ3n) is 5.44. The minimum Gasteiger partial charge on any atom is -0.271 e. The first-order valence-corrected chi connectivity index (χ1v) is 12.6. The summed E-state index contributed by atoms with van der Waals surface area (Å²) < 4.78 is 2.66. The van der Waals surface area contributed by atoms with Crippen LogP contribution in [0.3, 0.4) is 0 Å². The van der Waals surface area contributed by atoms with Crippen molar-refractivity contribution in [2.24, 2.45) is 0 Å². The van der Waals surface area contributed by atoms with Gasteiger partial charge in [-0.25, -0.2) is 0 Å². The van der Waals surface area contributed by atoms with Gasteiger partial charge in [-0.1, -0.05) is 134 Å². The molecule has 4 aromatic carbocycles. The lowest BCUT2D eigenvalue weighted by atomic mass is 9.97. The van der Waals surface area contributed by atoms with E-state index >= 15 is 0 Å². The van der Waals surface area contributed by atoms with Crippen LogP contribution in [-0.2, 0) is 0 Å². The van der Waals surface area contributed by atoms with E-state index in [1.165, 1.54) is 27.3 Å². The Kier molecular flexibility index (Phi) is 8.04. The van der Waals surface area contributed by atoms with Crippen LogP contribution in [0.15, 0.2) is 127 Å². The fourth-order valence-electron chi connectivity index (χ4n) is 3.98. The van der Waals surface area contributed by atoms with Crippen molar-refractivity contribution in [3.05, 3.63) is 139 Å². The molecule has 160 valence electrons. The minimum absolute atomic E-state index is 0.600. The van der Waals surface area contributed by atoms with Crippen molar-refractivity contribution in [2.75, 3.05) is 13.1 Å². The number of rotatable bonds is 9. The van der Waals surface area contributed by atoms with Gasteiger partial charge < -0.3 is 0 Å².